The van der Waals surface area contributed by atoms with Gasteiger partial charge in [0.05, 0.1) is 19.7 Å². The van der Waals surface area contributed by atoms with Gasteiger partial charge in [0, 0.05) is 35.9 Å². The number of halogens is 2. The van der Waals surface area contributed by atoms with E-state index in [1.165, 1.54) is 0 Å². The van der Waals surface area contributed by atoms with Crippen LogP contribution in [0.15, 0.2) is 42.5 Å². The van der Waals surface area contributed by atoms with Crippen molar-refractivity contribution in [3.63, 3.8) is 0 Å². The molecule has 5 nitrogen and oxygen atoms in total. The highest BCUT2D eigenvalue weighted by Gasteiger charge is 2.27. The Morgan fingerprint density at radius 2 is 2.11 bits per heavy atom. The zero-order valence-electron chi connectivity index (χ0n) is 15.5. The lowest BCUT2D eigenvalue weighted by atomic mass is 10.0. The van der Waals surface area contributed by atoms with Gasteiger partial charge in [-0.25, -0.2) is 0 Å². The summed E-state index contributed by atoms with van der Waals surface area (Å²) in [4.78, 5) is 14.8. The van der Waals surface area contributed by atoms with E-state index >= 15 is 0 Å². The van der Waals surface area contributed by atoms with Gasteiger partial charge in [-0.3, -0.25) is 9.69 Å². The van der Waals surface area contributed by atoms with Crippen molar-refractivity contribution in [1.82, 2.24) is 10.2 Å². The number of nitrogens with zero attached hydrogens (tertiary/aromatic N) is 1. The summed E-state index contributed by atoms with van der Waals surface area (Å²) in [5, 5.41) is 7.00. The molecule has 1 saturated heterocycles. The highest BCUT2D eigenvalue weighted by Crippen LogP contribution is 2.30. The third kappa shape index (κ3) is 5.36. The molecule has 0 saturated carbocycles. The molecule has 0 bridgehead atoms. The molecule has 146 valence electrons. The fraction of sp³-hybridized carbons (Fsp3) is 0.350. The molecule has 2 N–H and O–H groups in total. The summed E-state index contributed by atoms with van der Waals surface area (Å²) in [6.07, 6.45) is 0. The Hall–Kier alpha value is -1.79. The van der Waals surface area contributed by atoms with E-state index in [9.17, 15) is 4.79 Å². The Kier molecular flexibility index (Phi) is 7.92. The number of carbonyl (C=O) groups excluding carboxylic acids is 1. The summed E-state index contributed by atoms with van der Waals surface area (Å²) in [5.74, 6) is 0.800. The molecule has 0 aliphatic carbocycles. The molecule has 3 rings (SSSR count). The fourth-order valence-electron chi connectivity index (χ4n) is 3.29. The Morgan fingerprint density at radius 3 is 2.89 bits per heavy atom. The summed E-state index contributed by atoms with van der Waals surface area (Å²) in [6.45, 7) is 4.70. The molecular formula is C20H25Cl2N3O2. The van der Waals surface area contributed by atoms with Gasteiger partial charge >= 0.3 is 0 Å². The SMILES string of the molecule is COc1ccccc1C1CNCCN1CC(=O)Nc1cc(Cl)ccc1C.Cl. The van der Waals surface area contributed by atoms with E-state index < -0.39 is 0 Å². The number of aryl methyl sites for hydroxylation is 1. The first-order valence-electron chi connectivity index (χ1n) is 8.72. The van der Waals surface area contributed by atoms with E-state index in [0.29, 0.717) is 11.6 Å². The molecule has 1 fully saturated rings. The monoisotopic (exact) mass is 409 g/mol. The van der Waals surface area contributed by atoms with Crippen molar-refractivity contribution in [3.05, 3.63) is 58.6 Å². The zero-order valence-corrected chi connectivity index (χ0v) is 17.1. The van der Waals surface area contributed by atoms with Crippen molar-refractivity contribution in [1.29, 1.82) is 0 Å². The van der Waals surface area contributed by atoms with Gasteiger partial charge in [0.1, 0.15) is 5.75 Å². The van der Waals surface area contributed by atoms with Crippen LogP contribution in [0.2, 0.25) is 5.02 Å². The van der Waals surface area contributed by atoms with Crippen molar-refractivity contribution >= 4 is 35.6 Å². The Labute approximate surface area is 171 Å². The molecule has 7 heteroatoms. The summed E-state index contributed by atoms with van der Waals surface area (Å²) in [6, 6.07) is 13.6. The van der Waals surface area contributed by atoms with E-state index in [4.69, 9.17) is 16.3 Å². The van der Waals surface area contributed by atoms with Gasteiger partial charge in [0.15, 0.2) is 0 Å². The minimum absolute atomic E-state index is 0. The van der Waals surface area contributed by atoms with Gasteiger partial charge in [-0.1, -0.05) is 35.9 Å². The van der Waals surface area contributed by atoms with Crippen LogP contribution in [0.5, 0.6) is 5.75 Å². The number of piperazine rings is 1. The molecule has 1 aliphatic heterocycles. The average molecular weight is 410 g/mol. The number of rotatable bonds is 5. The molecule has 1 heterocycles. The molecular weight excluding hydrogens is 385 g/mol. The van der Waals surface area contributed by atoms with Crippen molar-refractivity contribution in [2.24, 2.45) is 0 Å². The number of nitrogens with one attached hydrogen (secondary N) is 2. The Balaban J connectivity index is 0.00000261. The second-order valence-electron chi connectivity index (χ2n) is 6.44. The lowest BCUT2D eigenvalue weighted by Crippen LogP contribution is -2.48. The summed E-state index contributed by atoms with van der Waals surface area (Å²) < 4.78 is 5.51. The molecule has 0 spiro atoms. The number of carbonyl (C=O) groups is 1. The Morgan fingerprint density at radius 1 is 1.33 bits per heavy atom. The van der Waals surface area contributed by atoms with Gasteiger partial charge in [-0.2, -0.15) is 0 Å². The minimum Gasteiger partial charge on any atom is -0.496 e. The van der Waals surface area contributed by atoms with Gasteiger partial charge < -0.3 is 15.4 Å². The summed E-state index contributed by atoms with van der Waals surface area (Å²) >= 11 is 6.04. The third-order valence-corrected chi connectivity index (χ3v) is 4.91. The van der Waals surface area contributed by atoms with Crippen molar-refractivity contribution in [3.8, 4) is 5.75 Å². The summed E-state index contributed by atoms with van der Waals surface area (Å²) in [5.41, 5.74) is 2.84. The van der Waals surface area contributed by atoms with Crippen molar-refractivity contribution in [2.75, 3.05) is 38.6 Å². The first-order valence-corrected chi connectivity index (χ1v) is 9.10. The van der Waals surface area contributed by atoms with Crippen LogP contribution in [-0.2, 0) is 4.79 Å². The highest BCUT2D eigenvalue weighted by molar-refractivity contribution is 6.31. The molecule has 0 aromatic heterocycles. The average Bonchev–Trinajstić information content (AvgIpc) is 2.65. The van der Waals surface area contributed by atoms with Crippen molar-refractivity contribution in [2.45, 2.75) is 13.0 Å². The minimum atomic E-state index is -0.0443. The molecule has 2 aromatic rings. The van der Waals surface area contributed by atoms with Crippen LogP contribution in [0.4, 0.5) is 5.69 Å². The lowest BCUT2D eigenvalue weighted by Gasteiger charge is -2.36. The number of amides is 1. The molecule has 0 radical (unpaired) electrons. The molecule has 1 aliphatic rings. The highest BCUT2D eigenvalue weighted by atomic mass is 35.5. The van der Waals surface area contributed by atoms with Crippen LogP contribution in [0.3, 0.4) is 0 Å². The van der Waals surface area contributed by atoms with E-state index in [1.54, 1.807) is 13.2 Å². The number of hydrogen-bond donors (Lipinski definition) is 2. The predicted molar refractivity (Wildman–Crippen MR) is 112 cm³/mol. The van der Waals surface area contributed by atoms with E-state index in [2.05, 4.69) is 21.6 Å². The zero-order chi connectivity index (χ0) is 18.5. The second kappa shape index (κ2) is 9.95. The van der Waals surface area contributed by atoms with Crippen LogP contribution >= 0.6 is 24.0 Å². The first-order chi connectivity index (χ1) is 12.6. The van der Waals surface area contributed by atoms with Gasteiger partial charge in [-0.05, 0) is 30.7 Å². The largest absolute Gasteiger partial charge is 0.496 e. The van der Waals surface area contributed by atoms with Crippen LogP contribution in [0.1, 0.15) is 17.2 Å². The predicted octanol–water partition coefficient (Wildman–Crippen LogP) is 3.66. The third-order valence-electron chi connectivity index (χ3n) is 4.67. The number of methoxy groups -OCH3 is 1. The number of ether oxygens (including phenoxy) is 1. The van der Waals surface area contributed by atoms with Gasteiger partial charge in [-0.15, -0.1) is 12.4 Å². The number of para-hydroxylation sites is 1. The van der Waals surface area contributed by atoms with Crippen LogP contribution in [0.25, 0.3) is 0 Å². The van der Waals surface area contributed by atoms with E-state index in [-0.39, 0.29) is 24.4 Å². The van der Waals surface area contributed by atoms with E-state index in [1.807, 2.05) is 37.3 Å². The van der Waals surface area contributed by atoms with Gasteiger partial charge in [0.2, 0.25) is 5.91 Å². The number of hydrogen-bond acceptors (Lipinski definition) is 4. The quantitative estimate of drug-likeness (QED) is 0.790. The maximum absolute atomic E-state index is 12.6. The van der Waals surface area contributed by atoms with E-state index in [0.717, 1.165) is 42.2 Å². The smallest absolute Gasteiger partial charge is 0.238 e. The molecule has 2 aromatic carbocycles. The first kappa shape index (κ1) is 21.5. The lowest BCUT2D eigenvalue weighted by molar-refractivity contribution is -0.118. The van der Waals surface area contributed by atoms with Crippen LogP contribution in [0, 0.1) is 6.92 Å². The molecule has 27 heavy (non-hydrogen) atoms. The topological polar surface area (TPSA) is 53.6 Å². The normalized spacial score (nSPS) is 17.1. The molecule has 1 atom stereocenters. The van der Waals surface area contributed by atoms with Gasteiger partial charge in [0.25, 0.3) is 0 Å². The molecule has 1 amide bonds. The number of anilines is 1. The van der Waals surface area contributed by atoms with Crippen molar-refractivity contribution < 1.29 is 9.53 Å². The fourth-order valence-corrected chi connectivity index (χ4v) is 3.46. The van der Waals surface area contributed by atoms with Crippen LogP contribution < -0.4 is 15.4 Å². The van der Waals surface area contributed by atoms with Crippen LogP contribution in [-0.4, -0.2) is 44.1 Å². The molecule has 1 unspecified atom stereocenters. The maximum Gasteiger partial charge on any atom is 0.238 e. The second-order valence-corrected chi connectivity index (χ2v) is 6.88. The maximum atomic E-state index is 12.6. The summed E-state index contributed by atoms with van der Waals surface area (Å²) in [7, 11) is 1.67. The Bertz CT molecular complexity index is 786. The number of benzene rings is 2. The standard InChI is InChI=1S/C20H24ClN3O2.ClH/c1-14-7-8-15(21)11-17(14)23-20(25)13-24-10-9-22-12-18(24)16-5-3-4-6-19(16)26-2;/h3-8,11,18,22H,9-10,12-13H2,1-2H3,(H,23,25);1H.